The van der Waals surface area contributed by atoms with Crippen LogP contribution < -0.4 is 16.2 Å². The molecule has 0 saturated heterocycles. The highest BCUT2D eigenvalue weighted by Gasteiger charge is 2.19. The Morgan fingerprint density at radius 3 is 2.27 bits per heavy atom. The van der Waals surface area contributed by atoms with Gasteiger partial charge in [-0.2, -0.15) is 0 Å². The number of pyridine rings is 1. The molecule has 0 spiro atoms. The molecule has 0 bridgehead atoms. The summed E-state index contributed by atoms with van der Waals surface area (Å²) >= 11 is 0. The van der Waals surface area contributed by atoms with Crippen molar-refractivity contribution in [1.29, 1.82) is 0 Å². The number of rotatable bonds is 5. The summed E-state index contributed by atoms with van der Waals surface area (Å²) in [5, 5.41) is 5.54. The summed E-state index contributed by atoms with van der Waals surface area (Å²) in [4.78, 5) is 37.4. The fourth-order valence-electron chi connectivity index (χ4n) is 3.38. The second-order valence-corrected chi connectivity index (χ2v) is 7.34. The Balaban J connectivity index is 1.91. The number of hydrogen-bond donors (Lipinski definition) is 2. The highest BCUT2D eigenvalue weighted by Crippen LogP contribution is 2.21. The lowest BCUT2D eigenvalue weighted by atomic mass is 10.1. The van der Waals surface area contributed by atoms with Crippen LogP contribution in [0.3, 0.4) is 0 Å². The molecule has 2 aromatic carbocycles. The molecule has 154 valence electrons. The van der Waals surface area contributed by atoms with Crippen LogP contribution >= 0.6 is 0 Å². The van der Waals surface area contributed by atoms with Gasteiger partial charge in [-0.05, 0) is 61.7 Å². The number of aromatic nitrogens is 1. The minimum atomic E-state index is -0.456. The summed E-state index contributed by atoms with van der Waals surface area (Å²) in [6, 6.07) is 16.4. The summed E-state index contributed by atoms with van der Waals surface area (Å²) in [5.74, 6) is -0.623. The SMILES string of the molecule is CC(=O)Nc1ccc(NC(=O)c2c(C)ccn(C(C)c3ccccc3)c2=O)c(C)c1. The van der Waals surface area contributed by atoms with Crippen LogP contribution in [-0.2, 0) is 4.79 Å². The molecule has 3 rings (SSSR count). The molecule has 2 N–H and O–H groups in total. The van der Waals surface area contributed by atoms with Gasteiger partial charge in [0.1, 0.15) is 5.56 Å². The smallest absolute Gasteiger partial charge is 0.264 e. The maximum Gasteiger partial charge on any atom is 0.264 e. The standard InChI is InChI=1S/C24H25N3O3/c1-15-12-13-27(17(3)19-8-6-5-7-9-19)24(30)22(15)23(29)26-21-11-10-20(14-16(21)2)25-18(4)28/h5-14,17H,1-4H3,(H,25,28)(H,26,29). The Kier molecular flexibility index (Phi) is 6.16. The van der Waals surface area contributed by atoms with Gasteiger partial charge in [-0.15, -0.1) is 0 Å². The molecule has 1 heterocycles. The summed E-state index contributed by atoms with van der Waals surface area (Å²) < 4.78 is 1.57. The van der Waals surface area contributed by atoms with Crippen molar-refractivity contribution in [3.63, 3.8) is 0 Å². The molecular formula is C24H25N3O3. The maximum atomic E-state index is 13.2. The Hall–Kier alpha value is -3.67. The molecular weight excluding hydrogens is 378 g/mol. The highest BCUT2D eigenvalue weighted by molar-refractivity contribution is 6.05. The zero-order valence-corrected chi connectivity index (χ0v) is 17.5. The zero-order valence-electron chi connectivity index (χ0n) is 17.5. The van der Waals surface area contributed by atoms with Crippen LogP contribution in [0.25, 0.3) is 0 Å². The van der Waals surface area contributed by atoms with Crippen LogP contribution in [0.5, 0.6) is 0 Å². The predicted octanol–water partition coefficient (Wildman–Crippen LogP) is 4.29. The van der Waals surface area contributed by atoms with Gasteiger partial charge in [0.05, 0.1) is 6.04 Å². The molecule has 0 saturated carbocycles. The first-order valence-electron chi connectivity index (χ1n) is 9.74. The minimum Gasteiger partial charge on any atom is -0.326 e. The fourth-order valence-corrected chi connectivity index (χ4v) is 3.38. The van der Waals surface area contributed by atoms with Crippen LogP contribution in [0.15, 0.2) is 65.6 Å². The third-order valence-electron chi connectivity index (χ3n) is 5.05. The van der Waals surface area contributed by atoms with Crippen LogP contribution in [0.2, 0.25) is 0 Å². The zero-order chi connectivity index (χ0) is 21.8. The number of benzene rings is 2. The molecule has 0 aliphatic rings. The van der Waals surface area contributed by atoms with Crippen molar-refractivity contribution >= 4 is 23.2 Å². The van der Waals surface area contributed by atoms with Gasteiger partial charge in [0, 0.05) is 24.5 Å². The predicted molar refractivity (Wildman–Crippen MR) is 119 cm³/mol. The number of aryl methyl sites for hydroxylation is 2. The molecule has 0 aliphatic heterocycles. The number of nitrogens with one attached hydrogen (secondary N) is 2. The molecule has 1 atom stereocenters. The second-order valence-electron chi connectivity index (χ2n) is 7.34. The summed E-state index contributed by atoms with van der Waals surface area (Å²) in [6.45, 7) is 6.94. The summed E-state index contributed by atoms with van der Waals surface area (Å²) in [7, 11) is 0. The lowest BCUT2D eigenvalue weighted by Gasteiger charge is -2.18. The second kappa shape index (κ2) is 8.78. The number of carbonyl (C=O) groups excluding carboxylic acids is 2. The number of carbonyl (C=O) groups is 2. The van der Waals surface area contributed by atoms with Crippen molar-refractivity contribution in [3.05, 3.63) is 93.4 Å². The average molecular weight is 403 g/mol. The van der Waals surface area contributed by atoms with Gasteiger partial charge in [0.25, 0.3) is 11.5 Å². The van der Waals surface area contributed by atoms with Gasteiger partial charge in [0.15, 0.2) is 0 Å². The van der Waals surface area contributed by atoms with E-state index in [-0.39, 0.29) is 23.1 Å². The van der Waals surface area contributed by atoms with Gasteiger partial charge >= 0.3 is 0 Å². The molecule has 3 aromatic rings. The van der Waals surface area contributed by atoms with Crippen molar-refractivity contribution in [2.75, 3.05) is 10.6 Å². The Labute approximate surface area is 175 Å². The average Bonchev–Trinajstić information content (AvgIpc) is 2.70. The summed E-state index contributed by atoms with van der Waals surface area (Å²) in [5.41, 5.74) is 3.39. The van der Waals surface area contributed by atoms with Crippen molar-refractivity contribution in [3.8, 4) is 0 Å². The van der Waals surface area contributed by atoms with Gasteiger partial charge in [-0.1, -0.05) is 30.3 Å². The molecule has 0 radical (unpaired) electrons. The quantitative estimate of drug-likeness (QED) is 0.667. The molecule has 1 aromatic heterocycles. The molecule has 30 heavy (non-hydrogen) atoms. The van der Waals surface area contributed by atoms with Gasteiger partial charge in [-0.25, -0.2) is 0 Å². The molecule has 1 unspecified atom stereocenters. The number of hydrogen-bond acceptors (Lipinski definition) is 3. The first-order valence-corrected chi connectivity index (χ1v) is 9.74. The topological polar surface area (TPSA) is 80.2 Å². The Morgan fingerprint density at radius 1 is 0.933 bits per heavy atom. The highest BCUT2D eigenvalue weighted by atomic mass is 16.2. The van der Waals surface area contributed by atoms with E-state index in [1.807, 2.05) is 44.2 Å². The first-order chi connectivity index (χ1) is 14.3. The van der Waals surface area contributed by atoms with E-state index in [0.717, 1.165) is 11.1 Å². The number of anilines is 2. The van der Waals surface area contributed by atoms with E-state index in [0.29, 0.717) is 16.9 Å². The Morgan fingerprint density at radius 2 is 1.63 bits per heavy atom. The van der Waals surface area contributed by atoms with E-state index in [1.54, 1.807) is 42.0 Å². The monoisotopic (exact) mass is 403 g/mol. The largest absolute Gasteiger partial charge is 0.326 e. The molecule has 6 heteroatoms. The third kappa shape index (κ3) is 4.49. The van der Waals surface area contributed by atoms with E-state index in [2.05, 4.69) is 10.6 Å². The fraction of sp³-hybridized carbons (Fsp3) is 0.208. The van der Waals surface area contributed by atoms with E-state index in [1.165, 1.54) is 6.92 Å². The number of nitrogens with zero attached hydrogens (tertiary/aromatic N) is 1. The lowest BCUT2D eigenvalue weighted by Crippen LogP contribution is -2.32. The first kappa shape index (κ1) is 21.0. The van der Waals surface area contributed by atoms with Crippen molar-refractivity contribution in [2.45, 2.75) is 33.7 Å². The van der Waals surface area contributed by atoms with Crippen LogP contribution in [0, 0.1) is 13.8 Å². The van der Waals surface area contributed by atoms with Gasteiger partial charge in [0.2, 0.25) is 5.91 Å². The van der Waals surface area contributed by atoms with E-state index >= 15 is 0 Å². The van der Waals surface area contributed by atoms with Gasteiger partial charge in [-0.3, -0.25) is 14.4 Å². The van der Waals surface area contributed by atoms with Crippen LogP contribution in [-0.4, -0.2) is 16.4 Å². The maximum absolute atomic E-state index is 13.2. The third-order valence-corrected chi connectivity index (χ3v) is 5.05. The van der Waals surface area contributed by atoms with E-state index in [4.69, 9.17) is 0 Å². The Bertz CT molecular complexity index is 1150. The molecule has 2 amide bonds. The van der Waals surface area contributed by atoms with Gasteiger partial charge < -0.3 is 15.2 Å². The van der Waals surface area contributed by atoms with Crippen molar-refractivity contribution < 1.29 is 9.59 Å². The minimum absolute atomic E-state index is 0.116. The van der Waals surface area contributed by atoms with Crippen LogP contribution in [0.4, 0.5) is 11.4 Å². The number of amides is 2. The van der Waals surface area contributed by atoms with E-state index in [9.17, 15) is 14.4 Å². The molecule has 0 aliphatic carbocycles. The summed E-state index contributed by atoms with van der Waals surface area (Å²) in [6.07, 6.45) is 1.72. The van der Waals surface area contributed by atoms with Crippen molar-refractivity contribution in [2.24, 2.45) is 0 Å². The normalized spacial score (nSPS) is 11.6. The lowest BCUT2D eigenvalue weighted by molar-refractivity contribution is -0.114. The molecule has 6 nitrogen and oxygen atoms in total. The van der Waals surface area contributed by atoms with Crippen LogP contribution in [0.1, 0.15) is 46.9 Å². The van der Waals surface area contributed by atoms with E-state index < -0.39 is 5.91 Å². The van der Waals surface area contributed by atoms with Crippen molar-refractivity contribution in [1.82, 2.24) is 4.57 Å². The molecule has 0 fully saturated rings.